The molecule has 2 unspecified atom stereocenters. The molecule has 1 aliphatic heterocycles. The monoisotopic (exact) mass is 297 g/mol. The first-order valence-corrected chi connectivity index (χ1v) is 6.99. The molecule has 0 saturated carbocycles. The molecule has 17 heavy (non-hydrogen) atoms. The number of pyridine rings is 1. The normalized spacial score (nSPS) is 26.1. The second-order valence-electron chi connectivity index (χ2n) is 4.88. The third-order valence-corrected chi connectivity index (χ3v) is 3.99. The van der Waals surface area contributed by atoms with Crippen molar-refractivity contribution in [3.05, 3.63) is 28.5 Å². The molecule has 2 heterocycles. The van der Waals surface area contributed by atoms with Gasteiger partial charge in [-0.15, -0.1) is 0 Å². The van der Waals surface area contributed by atoms with Gasteiger partial charge in [-0.3, -0.25) is 0 Å². The molecule has 4 heteroatoms. The second kappa shape index (κ2) is 5.94. The van der Waals surface area contributed by atoms with E-state index >= 15 is 0 Å². The lowest BCUT2D eigenvalue weighted by atomic mass is 9.99. The number of halogens is 1. The van der Waals surface area contributed by atoms with Crippen molar-refractivity contribution in [2.75, 3.05) is 13.6 Å². The zero-order chi connectivity index (χ0) is 12.3. The van der Waals surface area contributed by atoms with E-state index in [9.17, 15) is 0 Å². The van der Waals surface area contributed by atoms with Gasteiger partial charge >= 0.3 is 0 Å². The van der Waals surface area contributed by atoms with Crippen molar-refractivity contribution in [1.29, 1.82) is 0 Å². The minimum atomic E-state index is 0.627. The highest BCUT2D eigenvalue weighted by molar-refractivity contribution is 9.10. The van der Waals surface area contributed by atoms with E-state index in [1.165, 1.54) is 19.4 Å². The highest BCUT2D eigenvalue weighted by Crippen LogP contribution is 2.15. The Labute approximate surface area is 112 Å². The molecule has 0 radical (unpaired) electrons. The van der Waals surface area contributed by atoms with Gasteiger partial charge in [0.2, 0.25) is 0 Å². The number of nitrogens with one attached hydrogen (secondary N) is 1. The van der Waals surface area contributed by atoms with E-state index in [2.05, 4.69) is 51.2 Å². The maximum absolute atomic E-state index is 4.44. The molecule has 94 valence electrons. The molecule has 0 amide bonds. The van der Waals surface area contributed by atoms with Crippen molar-refractivity contribution in [2.24, 2.45) is 0 Å². The van der Waals surface area contributed by atoms with E-state index in [0.29, 0.717) is 12.1 Å². The summed E-state index contributed by atoms with van der Waals surface area (Å²) in [6, 6.07) is 7.36. The SMILES string of the molecule is CC1CC(NCc2cccc(Br)n2)CCN1C. The van der Waals surface area contributed by atoms with Gasteiger partial charge in [0.05, 0.1) is 5.69 Å². The molecule has 0 aromatic carbocycles. The quantitative estimate of drug-likeness (QED) is 0.869. The van der Waals surface area contributed by atoms with Crippen LogP contribution in [0.2, 0.25) is 0 Å². The lowest BCUT2D eigenvalue weighted by Crippen LogP contribution is -2.45. The highest BCUT2D eigenvalue weighted by atomic mass is 79.9. The zero-order valence-electron chi connectivity index (χ0n) is 10.5. The topological polar surface area (TPSA) is 28.2 Å². The summed E-state index contributed by atoms with van der Waals surface area (Å²) in [6.07, 6.45) is 2.46. The largest absolute Gasteiger partial charge is 0.308 e. The van der Waals surface area contributed by atoms with E-state index in [-0.39, 0.29) is 0 Å². The number of piperidine rings is 1. The summed E-state index contributed by atoms with van der Waals surface area (Å²) >= 11 is 3.40. The van der Waals surface area contributed by atoms with E-state index < -0.39 is 0 Å². The maximum atomic E-state index is 4.44. The summed E-state index contributed by atoms with van der Waals surface area (Å²) in [5.74, 6) is 0. The summed E-state index contributed by atoms with van der Waals surface area (Å²) in [5, 5.41) is 3.61. The van der Waals surface area contributed by atoms with E-state index in [0.717, 1.165) is 16.8 Å². The average Bonchev–Trinajstić information content (AvgIpc) is 2.31. The number of hydrogen-bond donors (Lipinski definition) is 1. The van der Waals surface area contributed by atoms with Crippen LogP contribution in [0.1, 0.15) is 25.5 Å². The Hall–Kier alpha value is -0.450. The number of nitrogens with zero attached hydrogens (tertiary/aromatic N) is 2. The molecule has 0 bridgehead atoms. The van der Waals surface area contributed by atoms with Gasteiger partial charge in [-0.25, -0.2) is 4.98 Å². The van der Waals surface area contributed by atoms with Gasteiger partial charge in [0, 0.05) is 18.6 Å². The van der Waals surface area contributed by atoms with Crippen molar-refractivity contribution >= 4 is 15.9 Å². The maximum Gasteiger partial charge on any atom is 0.106 e. The molecular formula is C13H20BrN3. The molecular weight excluding hydrogens is 278 g/mol. The van der Waals surface area contributed by atoms with Gasteiger partial charge in [0.25, 0.3) is 0 Å². The number of rotatable bonds is 3. The van der Waals surface area contributed by atoms with E-state index in [1.807, 2.05) is 12.1 Å². The van der Waals surface area contributed by atoms with Crippen LogP contribution in [0.4, 0.5) is 0 Å². The molecule has 2 rings (SSSR count). The number of hydrogen-bond acceptors (Lipinski definition) is 3. The van der Waals surface area contributed by atoms with Crippen molar-refractivity contribution < 1.29 is 0 Å². The predicted molar refractivity (Wildman–Crippen MR) is 73.9 cm³/mol. The fraction of sp³-hybridized carbons (Fsp3) is 0.615. The molecule has 3 nitrogen and oxygen atoms in total. The lowest BCUT2D eigenvalue weighted by Gasteiger charge is -2.35. The molecule has 1 N–H and O–H groups in total. The molecule has 2 atom stereocenters. The first kappa shape index (κ1) is 13.0. The van der Waals surface area contributed by atoms with Crippen LogP contribution in [0.15, 0.2) is 22.8 Å². The van der Waals surface area contributed by atoms with E-state index in [4.69, 9.17) is 0 Å². The molecule has 1 aromatic rings. The standard InChI is InChI=1S/C13H20BrN3/c1-10-8-11(6-7-17(10)2)15-9-12-4-3-5-13(14)16-12/h3-5,10-11,15H,6-9H2,1-2H3. The number of aromatic nitrogens is 1. The van der Waals surface area contributed by atoms with Crippen LogP contribution in [0.5, 0.6) is 0 Å². The van der Waals surface area contributed by atoms with Crippen LogP contribution in [0.3, 0.4) is 0 Å². The summed E-state index contributed by atoms with van der Waals surface area (Å²) < 4.78 is 0.911. The molecule has 1 saturated heterocycles. The van der Waals surface area contributed by atoms with Crippen molar-refractivity contribution in [2.45, 2.75) is 38.4 Å². The van der Waals surface area contributed by atoms with Crippen LogP contribution in [0, 0.1) is 0 Å². The van der Waals surface area contributed by atoms with Crippen LogP contribution in [-0.2, 0) is 6.54 Å². The first-order valence-electron chi connectivity index (χ1n) is 6.20. The molecule has 0 aliphatic carbocycles. The fourth-order valence-electron chi connectivity index (χ4n) is 2.27. The Bertz CT molecular complexity index is 369. The molecule has 0 spiro atoms. The van der Waals surface area contributed by atoms with Crippen molar-refractivity contribution in [3.63, 3.8) is 0 Å². The van der Waals surface area contributed by atoms with Gasteiger partial charge in [0.15, 0.2) is 0 Å². The Morgan fingerprint density at radius 3 is 3.06 bits per heavy atom. The highest BCUT2D eigenvalue weighted by Gasteiger charge is 2.22. The molecule has 1 aromatic heterocycles. The fourth-order valence-corrected chi connectivity index (χ4v) is 2.65. The van der Waals surface area contributed by atoms with E-state index in [1.54, 1.807) is 0 Å². The average molecular weight is 298 g/mol. The predicted octanol–water partition coefficient (Wildman–Crippen LogP) is 2.42. The van der Waals surface area contributed by atoms with Gasteiger partial charge in [-0.1, -0.05) is 6.07 Å². The molecule has 1 fully saturated rings. The minimum absolute atomic E-state index is 0.627. The van der Waals surface area contributed by atoms with Crippen LogP contribution in [-0.4, -0.2) is 35.6 Å². The third-order valence-electron chi connectivity index (χ3n) is 3.55. The van der Waals surface area contributed by atoms with Crippen molar-refractivity contribution in [1.82, 2.24) is 15.2 Å². The Morgan fingerprint density at radius 1 is 1.53 bits per heavy atom. The zero-order valence-corrected chi connectivity index (χ0v) is 12.1. The minimum Gasteiger partial charge on any atom is -0.308 e. The van der Waals surface area contributed by atoms with Gasteiger partial charge in [-0.2, -0.15) is 0 Å². The summed E-state index contributed by atoms with van der Waals surface area (Å²) in [7, 11) is 2.21. The number of likely N-dealkylation sites (tertiary alicyclic amines) is 1. The summed E-state index contributed by atoms with van der Waals surface area (Å²) in [6.45, 7) is 4.34. The Morgan fingerprint density at radius 2 is 2.35 bits per heavy atom. The van der Waals surface area contributed by atoms with Crippen molar-refractivity contribution in [3.8, 4) is 0 Å². The van der Waals surface area contributed by atoms with Crippen LogP contribution < -0.4 is 5.32 Å². The van der Waals surface area contributed by atoms with Crippen LogP contribution in [0.25, 0.3) is 0 Å². The molecule has 1 aliphatic rings. The smallest absolute Gasteiger partial charge is 0.106 e. The summed E-state index contributed by atoms with van der Waals surface area (Å²) in [4.78, 5) is 6.86. The third kappa shape index (κ3) is 3.76. The van der Waals surface area contributed by atoms with Gasteiger partial charge < -0.3 is 10.2 Å². The summed E-state index contributed by atoms with van der Waals surface area (Å²) in [5.41, 5.74) is 1.10. The Balaban J connectivity index is 1.82. The van der Waals surface area contributed by atoms with Gasteiger partial charge in [-0.05, 0) is 61.4 Å². The first-order chi connectivity index (χ1) is 8.15. The van der Waals surface area contributed by atoms with Gasteiger partial charge in [0.1, 0.15) is 4.60 Å². The Kier molecular flexibility index (Phi) is 4.54. The second-order valence-corrected chi connectivity index (χ2v) is 5.70. The lowest BCUT2D eigenvalue weighted by molar-refractivity contribution is 0.168. The van der Waals surface area contributed by atoms with Crippen LogP contribution >= 0.6 is 15.9 Å².